The van der Waals surface area contributed by atoms with Gasteiger partial charge >= 0.3 is 0 Å². The highest BCUT2D eigenvalue weighted by Gasteiger charge is 2.29. The van der Waals surface area contributed by atoms with Gasteiger partial charge in [0.1, 0.15) is 5.69 Å². The highest BCUT2D eigenvalue weighted by molar-refractivity contribution is 5.93. The molecule has 0 aromatic carbocycles. The fourth-order valence-electron chi connectivity index (χ4n) is 2.95. The Balaban J connectivity index is 1.43. The van der Waals surface area contributed by atoms with E-state index in [1.54, 1.807) is 24.5 Å². The molecule has 0 spiro atoms. The molecule has 1 amide bonds. The Morgan fingerprint density at radius 3 is 3.12 bits per heavy atom. The van der Waals surface area contributed by atoms with Gasteiger partial charge in [-0.3, -0.25) is 9.78 Å². The average Bonchev–Trinajstić information content (AvgIpc) is 3.12. The first-order valence-electron chi connectivity index (χ1n) is 8.50. The van der Waals surface area contributed by atoms with Crippen molar-refractivity contribution in [2.45, 2.75) is 25.2 Å². The molecule has 134 valence electrons. The molecule has 1 aliphatic rings. The Hall–Kier alpha value is -2.84. The van der Waals surface area contributed by atoms with Gasteiger partial charge in [-0.15, -0.1) is 0 Å². The third-order valence-corrected chi connectivity index (χ3v) is 4.29. The lowest BCUT2D eigenvalue weighted by molar-refractivity contribution is -0.0613. The van der Waals surface area contributed by atoms with Crippen molar-refractivity contribution in [3.63, 3.8) is 0 Å². The lowest BCUT2D eigenvalue weighted by Crippen LogP contribution is -2.50. The van der Waals surface area contributed by atoms with Crippen LogP contribution in [0.15, 0.2) is 48.9 Å². The third kappa shape index (κ3) is 3.56. The average molecular weight is 353 g/mol. The Morgan fingerprint density at radius 1 is 1.27 bits per heavy atom. The molecule has 4 heterocycles. The van der Waals surface area contributed by atoms with Gasteiger partial charge in [-0.1, -0.05) is 6.07 Å². The minimum absolute atomic E-state index is 0.137. The van der Waals surface area contributed by atoms with Gasteiger partial charge in [0.25, 0.3) is 5.91 Å². The third-order valence-electron chi connectivity index (χ3n) is 4.29. The molecule has 0 saturated carbocycles. The summed E-state index contributed by atoms with van der Waals surface area (Å²) in [6, 6.07) is 9.04. The first-order chi connectivity index (χ1) is 12.8. The second kappa shape index (κ2) is 7.59. The van der Waals surface area contributed by atoms with Gasteiger partial charge in [0.2, 0.25) is 0 Å². The smallest absolute Gasteiger partial charge is 0.272 e. The first-order valence-corrected chi connectivity index (χ1v) is 8.50. The van der Waals surface area contributed by atoms with Crippen LogP contribution in [0.3, 0.4) is 0 Å². The number of pyridine rings is 1. The molecule has 0 aliphatic carbocycles. The van der Waals surface area contributed by atoms with E-state index in [1.807, 2.05) is 18.2 Å². The molecule has 8 heteroatoms. The molecule has 26 heavy (non-hydrogen) atoms. The molecule has 1 N–H and O–H groups in total. The second-order valence-corrected chi connectivity index (χ2v) is 6.05. The maximum Gasteiger partial charge on any atom is 0.272 e. The number of hydrogen-bond donors (Lipinski definition) is 1. The van der Waals surface area contributed by atoms with Gasteiger partial charge in [0, 0.05) is 19.0 Å². The topological polar surface area (TPSA) is 90.6 Å². The molecule has 8 nitrogen and oxygen atoms in total. The Kier molecular flexibility index (Phi) is 4.85. The number of fused-ring (bicyclic) bond motifs is 1. The molecule has 3 aromatic heterocycles. The predicted octanol–water partition coefficient (Wildman–Crippen LogP) is 1.23. The number of carbonyl (C=O) groups is 1. The summed E-state index contributed by atoms with van der Waals surface area (Å²) in [7, 11) is 0. The van der Waals surface area contributed by atoms with Crippen molar-refractivity contribution in [2.24, 2.45) is 0 Å². The van der Waals surface area contributed by atoms with Crippen LogP contribution in [-0.4, -0.2) is 50.8 Å². The normalized spacial score (nSPS) is 20.2. The molecular formula is C18H19N5O3. The van der Waals surface area contributed by atoms with Crippen LogP contribution in [0.1, 0.15) is 22.6 Å². The molecule has 0 bridgehead atoms. The van der Waals surface area contributed by atoms with Crippen LogP contribution in [0.5, 0.6) is 0 Å². The summed E-state index contributed by atoms with van der Waals surface area (Å²) in [6.07, 6.45) is 5.45. The summed E-state index contributed by atoms with van der Waals surface area (Å²) in [4.78, 5) is 21.1. The Bertz CT molecular complexity index is 883. The van der Waals surface area contributed by atoms with E-state index in [9.17, 15) is 4.79 Å². The van der Waals surface area contributed by atoms with Crippen molar-refractivity contribution in [3.05, 3.63) is 60.3 Å². The van der Waals surface area contributed by atoms with E-state index in [2.05, 4.69) is 20.4 Å². The fraction of sp³-hybridized carbons (Fsp3) is 0.333. The number of nitrogens with zero attached hydrogens (tertiary/aromatic N) is 4. The monoisotopic (exact) mass is 353 g/mol. The van der Waals surface area contributed by atoms with Crippen molar-refractivity contribution in [1.29, 1.82) is 0 Å². The minimum Gasteiger partial charge on any atom is -0.379 e. The standard InChI is InChI=1S/C18H19N5O3/c24-18(15-10-20-17-5-3-8-21-23(15)17)22-14-12-25-9-6-16(14)26-11-13-4-1-2-7-19-13/h1-5,7-8,10,14,16H,6,9,11-12H2,(H,22,24)/t14-,16-/m1/s1. The van der Waals surface area contributed by atoms with E-state index >= 15 is 0 Å². The zero-order valence-electron chi connectivity index (χ0n) is 14.1. The van der Waals surface area contributed by atoms with Crippen LogP contribution in [0.25, 0.3) is 5.65 Å². The maximum atomic E-state index is 12.7. The molecule has 0 unspecified atom stereocenters. The van der Waals surface area contributed by atoms with Gasteiger partial charge in [-0.25, -0.2) is 9.50 Å². The maximum absolute atomic E-state index is 12.7. The molecular weight excluding hydrogens is 334 g/mol. The zero-order chi connectivity index (χ0) is 17.8. The molecule has 3 aromatic rings. The van der Waals surface area contributed by atoms with Gasteiger partial charge in [0.15, 0.2) is 5.65 Å². The summed E-state index contributed by atoms with van der Waals surface area (Å²) in [5.74, 6) is -0.252. The summed E-state index contributed by atoms with van der Waals surface area (Å²) < 4.78 is 13.0. The summed E-state index contributed by atoms with van der Waals surface area (Å²) in [6.45, 7) is 1.41. The predicted molar refractivity (Wildman–Crippen MR) is 92.5 cm³/mol. The number of carbonyl (C=O) groups excluding carboxylic acids is 1. The number of amides is 1. The van der Waals surface area contributed by atoms with Crippen molar-refractivity contribution in [3.8, 4) is 0 Å². The van der Waals surface area contributed by atoms with Crippen molar-refractivity contribution in [1.82, 2.24) is 24.9 Å². The summed E-state index contributed by atoms with van der Waals surface area (Å²) >= 11 is 0. The SMILES string of the molecule is O=C(N[C@@H]1COCC[C@H]1OCc1ccccn1)c1cnc2cccnn12. The highest BCUT2D eigenvalue weighted by atomic mass is 16.5. The van der Waals surface area contributed by atoms with Crippen LogP contribution >= 0.6 is 0 Å². The van der Waals surface area contributed by atoms with Crippen LogP contribution < -0.4 is 5.32 Å². The van der Waals surface area contributed by atoms with Gasteiger partial charge in [-0.05, 0) is 30.7 Å². The molecule has 1 aliphatic heterocycles. The van der Waals surface area contributed by atoms with E-state index < -0.39 is 0 Å². The number of nitrogens with one attached hydrogen (secondary N) is 1. The fourth-order valence-corrected chi connectivity index (χ4v) is 2.95. The highest BCUT2D eigenvalue weighted by Crippen LogP contribution is 2.15. The molecule has 2 atom stereocenters. The summed E-state index contributed by atoms with van der Waals surface area (Å²) in [5.41, 5.74) is 1.87. The second-order valence-electron chi connectivity index (χ2n) is 6.05. The largest absolute Gasteiger partial charge is 0.379 e. The minimum atomic E-state index is -0.252. The van der Waals surface area contributed by atoms with Gasteiger partial charge in [0.05, 0.1) is 37.3 Å². The molecule has 4 rings (SSSR count). The number of ether oxygens (including phenoxy) is 2. The summed E-state index contributed by atoms with van der Waals surface area (Å²) in [5, 5.41) is 7.16. The van der Waals surface area contributed by atoms with E-state index in [1.165, 1.54) is 10.7 Å². The van der Waals surface area contributed by atoms with Crippen LogP contribution in [-0.2, 0) is 16.1 Å². The number of aromatic nitrogens is 4. The van der Waals surface area contributed by atoms with E-state index in [4.69, 9.17) is 9.47 Å². The van der Waals surface area contributed by atoms with E-state index in [0.29, 0.717) is 37.6 Å². The molecule has 0 radical (unpaired) electrons. The quantitative estimate of drug-likeness (QED) is 0.742. The van der Waals surface area contributed by atoms with Gasteiger partial charge < -0.3 is 14.8 Å². The van der Waals surface area contributed by atoms with Crippen molar-refractivity contribution >= 4 is 11.6 Å². The Labute approximate surface area is 150 Å². The number of rotatable bonds is 5. The van der Waals surface area contributed by atoms with Crippen molar-refractivity contribution < 1.29 is 14.3 Å². The number of hydrogen-bond acceptors (Lipinski definition) is 6. The van der Waals surface area contributed by atoms with E-state index in [0.717, 1.165) is 5.69 Å². The molecule has 1 saturated heterocycles. The number of imidazole rings is 1. The lowest BCUT2D eigenvalue weighted by atomic mass is 10.1. The zero-order valence-corrected chi connectivity index (χ0v) is 14.1. The van der Waals surface area contributed by atoms with Crippen molar-refractivity contribution in [2.75, 3.05) is 13.2 Å². The van der Waals surface area contributed by atoms with Crippen LogP contribution in [0.2, 0.25) is 0 Å². The first kappa shape index (κ1) is 16.6. The van der Waals surface area contributed by atoms with Gasteiger partial charge in [-0.2, -0.15) is 5.10 Å². The lowest BCUT2D eigenvalue weighted by Gasteiger charge is -2.31. The van der Waals surface area contributed by atoms with Crippen LogP contribution in [0, 0.1) is 0 Å². The Morgan fingerprint density at radius 2 is 2.23 bits per heavy atom. The van der Waals surface area contributed by atoms with E-state index in [-0.39, 0.29) is 18.1 Å². The van der Waals surface area contributed by atoms with Crippen LogP contribution in [0.4, 0.5) is 0 Å². The molecule has 1 fully saturated rings.